The van der Waals surface area contributed by atoms with Crippen molar-refractivity contribution in [2.45, 2.75) is 58.0 Å². The van der Waals surface area contributed by atoms with Crippen LogP contribution in [0.5, 0.6) is 0 Å². The van der Waals surface area contributed by atoms with Gasteiger partial charge in [0.1, 0.15) is 0 Å². The van der Waals surface area contributed by atoms with Gasteiger partial charge in [0.2, 0.25) is 5.91 Å². The summed E-state index contributed by atoms with van der Waals surface area (Å²) < 4.78 is 0. The summed E-state index contributed by atoms with van der Waals surface area (Å²) in [5.74, 6) is 0.241. The maximum Gasteiger partial charge on any atom is 0.237 e. The molecule has 1 rings (SSSR count). The molecule has 0 spiro atoms. The molecule has 1 aliphatic rings. The Morgan fingerprint density at radius 3 is 2.36 bits per heavy atom. The third kappa shape index (κ3) is 3.29. The Kier molecular flexibility index (Phi) is 4.39. The van der Waals surface area contributed by atoms with Gasteiger partial charge in [0.05, 0.1) is 6.04 Å². The molecule has 1 saturated carbocycles. The molecular weight excluding hydrogens is 176 g/mol. The van der Waals surface area contributed by atoms with Crippen molar-refractivity contribution < 1.29 is 4.79 Å². The van der Waals surface area contributed by atoms with Crippen LogP contribution in [0.15, 0.2) is 0 Å². The highest BCUT2D eigenvalue weighted by Crippen LogP contribution is 2.17. The monoisotopic (exact) mass is 198 g/mol. The van der Waals surface area contributed by atoms with E-state index in [0.717, 1.165) is 12.8 Å². The van der Waals surface area contributed by atoms with Gasteiger partial charge in [-0.15, -0.1) is 0 Å². The second-order valence-electron chi connectivity index (χ2n) is 4.61. The van der Waals surface area contributed by atoms with Crippen molar-refractivity contribution in [1.82, 2.24) is 5.32 Å². The third-order valence-electron chi connectivity index (χ3n) is 2.97. The average Bonchev–Trinajstić information content (AvgIpc) is 2.18. The normalized spacial score (nSPS) is 20.9. The van der Waals surface area contributed by atoms with Gasteiger partial charge in [-0.05, 0) is 18.8 Å². The van der Waals surface area contributed by atoms with Crippen molar-refractivity contribution >= 4 is 5.91 Å². The first-order valence-electron chi connectivity index (χ1n) is 5.67. The second-order valence-corrected chi connectivity index (χ2v) is 4.61. The third-order valence-corrected chi connectivity index (χ3v) is 2.97. The topological polar surface area (TPSA) is 55.1 Å². The van der Waals surface area contributed by atoms with Crippen molar-refractivity contribution in [3.8, 4) is 0 Å². The molecule has 3 nitrogen and oxygen atoms in total. The van der Waals surface area contributed by atoms with E-state index in [-0.39, 0.29) is 17.9 Å². The van der Waals surface area contributed by atoms with Crippen LogP contribution in [0.2, 0.25) is 0 Å². The Morgan fingerprint density at radius 1 is 1.29 bits per heavy atom. The van der Waals surface area contributed by atoms with Crippen LogP contribution in [0.1, 0.15) is 46.0 Å². The molecule has 3 N–H and O–H groups in total. The lowest BCUT2D eigenvalue weighted by Gasteiger charge is -2.25. The van der Waals surface area contributed by atoms with Gasteiger partial charge in [-0.25, -0.2) is 0 Å². The van der Waals surface area contributed by atoms with Crippen LogP contribution in [-0.2, 0) is 4.79 Å². The highest BCUT2D eigenvalue weighted by atomic mass is 16.2. The Hall–Kier alpha value is -0.570. The number of hydrogen-bond acceptors (Lipinski definition) is 2. The molecule has 14 heavy (non-hydrogen) atoms. The first kappa shape index (κ1) is 11.5. The number of amides is 1. The Bertz CT molecular complexity index is 186. The van der Waals surface area contributed by atoms with E-state index >= 15 is 0 Å². The molecule has 1 amide bonds. The summed E-state index contributed by atoms with van der Waals surface area (Å²) in [6, 6.07) is 0.0259. The number of carbonyl (C=O) groups is 1. The molecule has 82 valence electrons. The minimum Gasteiger partial charge on any atom is -0.352 e. The summed E-state index contributed by atoms with van der Waals surface area (Å²) in [5.41, 5.74) is 5.77. The van der Waals surface area contributed by atoms with Crippen LogP contribution in [0, 0.1) is 5.92 Å². The SMILES string of the molecule is CC(C)[C@@H](N)C(=O)NC1CCCCC1. The van der Waals surface area contributed by atoms with E-state index < -0.39 is 0 Å². The minimum atomic E-state index is -0.350. The fourth-order valence-corrected chi connectivity index (χ4v) is 1.85. The van der Waals surface area contributed by atoms with E-state index in [1.165, 1.54) is 19.3 Å². The van der Waals surface area contributed by atoms with Crippen molar-refractivity contribution in [1.29, 1.82) is 0 Å². The summed E-state index contributed by atoms with van der Waals surface area (Å²) in [5, 5.41) is 3.04. The zero-order valence-electron chi connectivity index (χ0n) is 9.25. The van der Waals surface area contributed by atoms with Gasteiger partial charge in [-0.1, -0.05) is 33.1 Å². The molecule has 0 saturated heterocycles. The molecule has 1 aliphatic carbocycles. The predicted molar refractivity (Wildman–Crippen MR) is 57.8 cm³/mol. The van der Waals surface area contributed by atoms with Gasteiger partial charge in [-0.2, -0.15) is 0 Å². The molecule has 0 unspecified atom stereocenters. The molecule has 0 heterocycles. The standard InChI is InChI=1S/C11H22N2O/c1-8(2)10(12)11(14)13-9-6-4-3-5-7-9/h8-10H,3-7,12H2,1-2H3,(H,13,14)/t10-/m1/s1. The molecule has 0 bridgehead atoms. The van der Waals surface area contributed by atoms with E-state index in [1.807, 2.05) is 13.8 Å². The highest BCUT2D eigenvalue weighted by Gasteiger charge is 2.21. The number of nitrogens with two attached hydrogens (primary N) is 1. The fourth-order valence-electron chi connectivity index (χ4n) is 1.85. The van der Waals surface area contributed by atoms with E-state index in [9.17, 15) is 4.79 Å². The Labute approximate surface area is 86.4 Å². The van der Waals surface area contributed by atoms with Crippen LogP contribution in [0.4, 0.5) is 0 Å². The number of rotatable bonds is 3. The molecule has 0 radical (unpaired) electrons. The van der Waals surface area contributed by atoms with Gasteiger partial charge in [-0.3, -0.25) is 4.79 Å². The average molecular weight is 198 g/mol. The first-order valence-corrected chi connectivity index (χ1v) is 5.67. The van der Waals surface area contributed by atoms with E-state index in [2.05, 4.69) is 5.32 Å². The van der Waals surface area contributed by atoms with Gasteiger partial charge < -0.3 is 11.1 Å². The van der Waals surface area contributed by atoms with Gasteiger partial charge in [0, 0.05) is 6.04 Å². The van der Waals surface area contributed by atoms with Gasteiger partial charge in [0.15, 0.2) is 0 Å². The molecule has 0 aromatic rings. The molecule has 0 aromatic heterocycles. The second kappa shape index (κ2) is 5.35. The lowest BCUT2D eigenvalue weighted by Crippen LogP contribution is -2.48. The van der Waals surface area contributed by atoms with Crippen molar-refractivity contribution in [2.75, 3.05) is 0 Å². The Morgan fingerprint density at radius 2 is 1.86 bits per heavy atom. The predicted octanol–water partition coefficient (Wildman–Crippen LogP) is 1.42. The number of nitrogens with one attached hydrogen (secondary N) is 1. The van der Waals surface area contributed by atoms with Crippen molar-refractivity contribution in [3.05, 3.63) is 0 Å². The smallest absolute Gasteiger partial charge is 0.237 e. The fraction of sp³-hybridized carbons (Fsp3) is 0.909. The molecule has 0 aromatic carbocycles. The lowest BCUT2D eigenvalue weighted by molar-refractivity contribution is -0.124. The summed E-state index contributed by atoms with van der Waals surface area (Å²) in [6.07, 6.45) is 6.03. The van der Waals surface area contributed by atoms with Crippen LogP contribution in [-0.4, -0.2) is 18.0 Å². The zero-order valence-corrected chi connectivity index (χ0v) is 9.25. The molecule has 0 aliphatic heterocycles. The maximum absolute atomic E-state index is 11.6. The molecular formula is C11H22N2O. The molecule has 1 atom stereocenters. The Balaban J connectivity index is 2.31. The summed E-state index contributed by atoms with van der Waals surface area (Å²) >= 11 is 0. The zero-order chi connectivity index (χ0) is 10.6. The number of hydrogen-bond donors (Lipinski definition) is 2. The van der Waals surface area contributed by atoms with Gasteiger partial charge >= 0.3 is 0 Å². The minimum absolute atomic E-state index is 0.0203. The van der Waals surface area contributed by atoms with E-state index in [4.69, 9.17) is 5.73 Å². The highest BCUT2D eigenvalue weighted by molar-refractivity contribution is 5.82. The van der Waals surface area contributed by atoms with Crippen LogP contribution >= 0.6 is 0 Å². The summed E-state index contributed by atoms with van der Waals surface area (Å²) in [6.45, 7) is 3.95. The largest absolute Gasteiger partial charge is 0.352 e. The van der Waals surface area contributed by atoms with E-state index in [1.54, 1.807) is 0 Å². The van der Waals surface area contributed by atoms with Gasteiger partial charge in [0.25, 0.3) is 0 Å². The van der Waals surface area contributed by atoms with Crippen molar-refractivity contribution in [2.24, 2.45) is 11.7 Å². The maximum atomic E-state index is 11.6. The molecule has 1 fully saturated rings. The van der Waals surface area contributed by atoms with Crippen LogP contribution < -0.4 is 11.1 Å². The van der Waals surface area contributed by atoms with Crippen LogP contribution in [0.25, 0.3) is 0 Å². The first-order chi connectivity index (χ1) is 6.61. The summed E-state index contributed by atoms with van der Waals surface area (Å²) in [4.78, 5) is 11.6. The number of carbonyl (C=O) groups excluding carboxylic acids is 1. The van der Waals surface area contributed by atoms with E-state index in [0.29, 0.717) is 6.04 Å². The van der Waals surface area contributed by atoms with Crippen molar-refractivity contribution in [3.63, 3.8) is 0 Å². The lowest BCUT2D eigenvalue weighted by atomic mass is 9.94. The molecule has 3 heteroatoms. The summed E-state index contributed by atoms with van der Waals surface area (Å²) in [7, 11) is 0. The van der Waals surface area contributed by atoms with Crippen LogP contribution in [0.3, 0.4) is 0 Å². The quantitative estimate of drug-likeness (QED) is 0.720.